The van der Waals surface area contributed by atoms with Gasteiger partial charge in [-0.15, -0.1) is 0 Å². The summed E-state index contributed by atoms with van der Waals surface area (Å²) in [6.45, 7) is 0.427. The Kier molecular flexibility index (Phi) is 3.69. The second-order valence-corrected chi connectivity index (χ2v) is 3.48. The van der Waals surface area contributed by atoms with Gasteiger partial charge in [0.25, 0.3) is 0 Å². The zero-order valence-electron chi connectivity index (χ0n) is 7.31. The van der Waals surface area contributed by atoms with Gasteiger partial charge in [-0.05, 0) is 46.6 Å². The molecule has 0 aliphatic heterocycles. The van der Waals surface area contributed by atoms with Crippen molar-refractivity contribution in [1.29, 1.82) is 0 Å². The molecule has 0 aliphatic carbocycles. The van der Waals surface area contributed by atoms with Crippen molar-refractivity contribution in [2.75, 3.05) is 13.7 Å². The molecule has 72 valence electrons. The zero-order chi connectivity index (χ0) is 9.84. The number of nitrogens with two attached hydrogens (primary N) is 1. The normalized spacial score (nSPS) is 10.2. The van der Waals surface area contributed by atoms with Crippen LogP contribution < -0.4 is 10.5 Å². The van der Waals surface area contributed by atoms with Crippen LogP contribution in [-0.2, 0) is 6.42 Å². The van der Waals surface area contributed by atoms with Gasteiger partial charge in [0.15, 0.2) is 0 Å². The molecule has 0 fully saturated rings. The second-order valence-electron chi connectivity index (χ2n) is 2.62. The Morgan fingerprint density at radius 3 is 2.77 bits per heavy atom. The highest BCUT2D eigenvalue weighted by Crippen LogP contribution is 2.25. The van der Waals surface area contributed by atoms with E-state index < -0.39 is 0 Å². The lowest BCUT2D eigenvalue weighted by Gasteiger charge is -2.06. The Morgan fingerprint density at radius 1 is 1.54 bits per heavy atom. The lowest BCUT2D eigenvalue weighted by molar-refractivity contribution is 0.412. The van der Waals surface area contributed by atoms with Gasteiger partial charge >= 0.3 is 0 Å². The zero-order valence-corrected chi connectivity index (χ0v) is 8.90. The van der Waals surface area contributed by atoms with Crippen molar-refractivity contribution < 1.29 is 9.13 Å². The van der Waals surface area contributed by atoms with Crippen molar-refractivity contribution in [3.05, 3.63) is 28.0 Å². The van der Waals surface area contributed by atoms with Crippen LogP contribution in [0.25, 0.3) is 0 Å². The van der Waals surface area contributed by atoms with Crippen LogP contribution in [0, 0.1) is 5.82 Å². The third-order valence-corrected chi connectivity index (χ3v) is 2.30. The molecule has 0 aromatic heterocycles. The Labute approximate surface area is 85.0 Å². The van der Waals surface area contributed by atoms with Crippen LogP contribution in [0.4, 0.5) is 4.39 Å². The summed E-state index contributed by atoms with van der Waals surface area (Å²) in [7, 11) is 1.55. The number of hydrogen-bond donors (Lipinski definition) is 1. The summed E-state index contributed by atoms with van der Waals surface area (Å²) in [5, 5.41) is 0. The molecule has 0 bridgehead atoms. The van der Waals surface area contributed by atoms with Gasteiger partial charge in [-0.25, -0.2) is 4.39 Å². The summed E-state index contributed by atoms with van der Waals surface area (Å²) < 4.78 is 18.8. The van der Waals surface area contributed by atoms with Crippen LogP contribution in [0.5, 0.6) is 5.75 Å². The molecule has 0 unspecified atom stereocenters. The fraction of sp³-hybridized carbons (Fsp3) is 0.333. The minimum absolute atomic E-state index is 0.258. The molecule has 0 atom stereocenters. The summed E-state index contributed by atoms with van der Waals surface area (Å²) >= 11 is 3.11. The molecule has 0 aliphatic rings. The van der Waals surface area contributed by atoms with E-state index in [2.05, 4.69) is 15.9 Å². The minimum Gasteiger partial charge on any atom is -0.497 e. The molecule has 1 aromatic carbocycles. The third-order valence-electron chi connectivity index (χ3n) is 1.73. The van der Waals surface area contributed by atoms with Gasteiger partial charge in [-0.1, -0.05) is 0 Å². The van der Waals surface area contributed by atoms with E-state index in [1.54, 1.807) is 19.2 Å². The Hall–Kier alpha value is -0.610. The molecule has 0 saturated heterocycles. The van der Waals surface area contributed by atoms with E-state index in [1.165, 1.54) is 0 Å². The number of rotatable bonds is 3. The predicted molar refractivity (Wildman–Crippen MR) is 53.4 cm³/mol. The molecule has 2 nitrogen and oxygen atoms in total. The fourth-order valence-electron chi connectivity index (χ4n) is 1.07. The molecule has 13 heavy (non-hydrogen) atoms. The van der Waals surface area contributed by atoms with Crippen LogP contribution in [0.3, 0.4) is 0 Å². The average Bonchev–Trinajstić information content (AvgIpc) is 2.13. The van der Waals surface area contributed by atoms with Gasteiger partial charge in [-0.2, -0.15) is 0 Å². The van der Waals surface area contributed by atoms with Gasteiger partial charge in [0.1, 0.15) is 11.6 Å². The summed E-state index contributed by atoms with van der Waals surface area (Å²) in [6.07, 6.45) is 0.516. The van der Waals surface area contributed by atoms with E-state index in [4.69, 9.17) is 10.5 Å². The van der Waals surface area contributed by atoms with E-state index in [-0.39, 0.29) is 5.82 Å². The lowest BCUT2D eigenvalue weighted by atomic mass is 10.1. The maximum atomic E-state index is 13.3. The summed E-state index contributed by atoms with van der Waals surface area (Å²) in [5.74, 6) is 0.378. The Morgan fingerprint density at radius 2 is 2.23 bits per heavy atom. The van der Waals surface area contributed by atoms with E-state index >= 15 is 0 Å². The standard InChI is InChI=1S/C9H11BrFNO/c1-13-7-4-6(2-3-12)9(11)8(10)5-7/h4-5H,2-3,12H2,1H3. The van der Waals surface area contributed by atoms with Crippen molar-refractivity contribution in [1.82, 2.24) is 0 Å². The van der Waals surface area contributed by atoms with E-state index in [0.717, 1.165) is 0 Å². The topological polar surface area (TPSA) is 35.2 Å². The van der Waals surface area contributed by atoms with Crippen LogP contribution in [0.1, 0.15) is 5.56 Å². The highest BCUT2D eigenvalue weighted by Gasteiger charge is 2.08. The lowest BCUT2D eigenvalue weighted by Crippen LogP contribution is -2.05. The largest absolute Gasteiger partial charge is 0.497 e. The molecule has 4 heteroatoms. The molecule has 1 aromatic rings. The van der Waals surface area contributed by atoms with E-state index in [1.807, 2.05) is 0 Å². The SMILES string of the molecule is COc1cc(Br)c(F)c(CCN)c1. The van der Waals surface area contributed by atoms with Crippen molar-refractivity contribution in [3.63, 3.8) is 0 Å². The Balaban J connectivity index is 3.09. The van der Waals surface area contributed by atoms with Crippen molar-refractivity contribution >= 4 is 15.9 Å². The monoisotopic (exact) mass is 247 g/mol. The van der Waals surface area contributed by atoms with Crippen LogP contribution in [0.2, 0.25) is 0 Å². The van der Waals surface area contributed by atoms with Gasteiger partial charge in [-0.3, -0.25) is 0 Å². The van der Waals surface area contributed by atoms with Gasteiger partial charge in [0.2, 0.25) is 0 Å². The van der Waals surface area contributed by atoms with Crippen molar-refractivity contribution in [2.45, 2.75) is 6.42 Å². The number of ether oxygens (including phenoxy) is 1. The molecule has 1 rings (SSSR count). The van der Waals surface area contributed by atoms with Gasteiger partial charge in [0.05, 0.1) is 11.6 Å². The van der Waals surface area contributed by atoms with Crippen molar-refractivity contribution in [2.24, 2.45) is 5.73 Å². The number of benzene rings is 1. The molecule has 0 amide bonds. The number of halogens is 2. The first-order valence-electron chi connectivity index (χ1n) is 3.91. The predicted octanol–water partition coefficient (Wildman–Crippen LogP) is 2.10. The molecule has 0 radical (unpaired) electrons. The fourth-order valence-corrected chi connectivity index (χ4v) is 1.55. The van der Waals surface area contributed by atoms with Crippen LogP contribution >= 0.6 is 15.9 Å². The molecule has 0 saturated carbocycles. The molecular weight excluding hydrogens is 237 g/mol. The molecule has 2 N–H and O–H groups in total. The summed E-state index contributed by atoms with van der Waals surface area (Å²) in [5.41, 5.74) is 5.93. The highest BCUT2D eigenvalue weighted by molar-refractivity contribution is 9.10. The Bertz CT molecular complexity index is 304. The highest BCUT2D eigenvalue weighted by atomic mass is 79.9. The van der Waals surface area contributed by atoms with Crippen molar-refractivity contribution in [3.8, 4) is 5.75 Å². The first kappa shape index (κ1) is 10.5. The van der Waals surface area contributed by atoms with Gasteiger partial charge < -0.3 is 10.5 Å². The summed E-state index contributed by atoms with van der Waals surface area (Å²) in [4.78, 5) is 0. The quantitative estimate of drug-likeness (QED) is 0.888. The van der Waals surface area contributed by atoms with E-state index in [0.29, 0.717) is 28.8 Å². The molecule has 0 heterocycles. The molecule has 0 spiro atoms. The second kappa shape index (κ2) is 4.58. The van der Waals surface area contributed by atoms with Crippen LogP contribution in [0.15, 0.2) is 16.6 Å². The minimum atomic E-state index is -0.258. The molecular formula is C9H11BrFNO. The number of methoxy groups -OCH3 is 1. The number of hydrogen-bond acceptors (Lipinski definition) is 2. The smallest absolute Gasteiger partial charge is 0.140 e. The third kappa shape index (κ3) is 2.42. The van der Waals surface area contributed by atoms with Crippen LogP contribution in [-0.4, -0.2) is 13.7 Å². The maximum Gasteiger partial charge on any atom is 0.140 e. The first-order chi connectivity index (χ1) is 6.19. The average molecular weight is 248 g/mol. The first-order valence-corrected chi connectivity index (χ1v) is 4.70. The maximum absolute atomic E-state index is 13.3. The van der Waals surface area contributed by atoms with Gasteiger partial charge in [0, 0.05) is 0 Å². The summed E-state index contributed by atoms with van der Waals surface area (Å²) in [6, 6.07) is 3.25. The van der Waals surface area contributed by atoms with E-state index in [9.17, 15) is 4.39 Å².